The molecule has 0 aromatic heterocycles. The molecule has 0 radical (unpaired) electrons. The molecule has 2 heteroatoms. The molecule has 1 aromatic rings. The molecule has 1 N–H and O–H groups in total. The van der Waals surface area contributed by atoms with Crippen LogP contribution in [0.2, 0.25) is 5.02 Å². The summed E-state index contributed by atoms with van der Waals surface area (Å²) in [4.78, 5) is 0. The van der Waals surface area contributed by atoms with E-state index in [0.717, 1.165) is 23.4 Å². The van der Waals surface area contributed by atoms with Crippen molar-refractivity contribution in [3.05, 3.63) is 34.9 Å². The van der Waals surface area contributed by atoms with Crippen molar-refractivity contribution in [1.82, 2.24) is 5.32 Å². The van der Waals surface area contributed by atoms with Gasteiger partial charge in [0.1, 0.15) is 0 Å². The number of hydrogen-bond acceptors (Lipinski definition) is 1. The van der Waals surface area contributed by atoms with Crippen molar-refractivity contribution in [1.29, 1.82) is 0 Å². The Morgan fingerprint density at radius 3 is 2.30 bits per heavy atom. The van der Waals surface area contributed by atoms with Crippen LogP contribution in [0.3, 0.4) is 0 Å². The van der Waals surface area contributed by atoms with Crippen molar-refractivity contribution in [2.75, 3.05) is 13.1 Å². The highest BCUT2D eigenvalue weighted by atomic mass is 35.5. The molecule has 1 aliphatic heterocycles. The van der Waals surface area contributed by atoms with E-state index in [1.807, 2.05) is 0 Å². The molecule has 0 amide bonds. The SMILES string of the molecule is Clc1ccc(C2CNCCC2C2CCCCCC2)cc1. The maximum absolute atomic E-state index is 6.04. The normalized spacial score (nSPS) is 29.1. The van der Waals surface area contributed by atoms with Gasteiger partial charge in [-0.25, -0.2) is 0 Å². The van der Waals surface area contributed by atoms with Crippen LogP contribution in [0.5, 0.6) is 0 Å². The van der Waals surface area contributed by atoms with E-state index in [1.165, 1.54) is 57.1 Å². The zero-order chi connectivity index (χ0) is 13.8. The van der Waals surface area contributed by atoms with Crippen LogP contribution in [0.15, 0.2) is 24.3 Å². The van der Waals surface area contributed by atoms with E-state index in [-0.39, 0.29) is 0 Å². The van der Waals surface area contributed by atoms with Crippen molar-refractivity contribution >= 4 is 11.6 Å². The van der Waals surface area contributed by atoms with Gasteiger partial charge in [-0.1, -0.05) is 62.3 Å². The van der Waals surface area contributed by atoms with Crippen molar-refractivity contribution in [2.24, 2.45) is 11.8 Å². The Morgan fingerprint density at radius 2 is 1.60 bits per heavy atom. The van der Waals surface area contributed by atoms with Crippen LogP contribution in [0.4, 0.5) is 0 Å². The van der Waals surface area contributed by atoms with Crippen molar-refractivity contribution in [3.8, 4) is 0 Å². The molecule has 2 aliphatic rings. The number of piperidine rings is 1. The molecule has 2 fully saturated rings. The van der Waals surface area contributed by atoms with Gasteiger partial charge >= 0.3 is 0 Å². The van der Waals surface area contributed by atoms with Gasteiger partial charge in [0.2, 0.25) is 0 Å². The molecule has 3 rings (SSSR count). The third-order valence-corrected chi connectivity index (χ3v) is 5.59. The predicted octanol–water partition coefficient (Wildman–Crippen LogP) is 5.00. The molecule has 0 bridgehead atoms. The molecule has 1 nitrogen and oxygen atoms in total. The Balaban J connectivity index is 1.77. The van der Waals surface area contributed by atoms with E-state index in [4.69, 9.17) is 11.6 Å². The van der Waals surface area contributed by atoms with Gasteiger partial charge in [0.25, 0.3) is 0 Å². The highest BCUT2D eigenvalue weighted by molar-refractivity contribution is 6.30. The standard InChI is InChI=1S/C18H26ClN/c19-16-9-7-15(8-10-16)18-13-20-12-11-17(18)14-5-3-1-2-4-6-14/h7-10,14,17-18,20H,1-6,11-13H2. The van der Waals surface area contributed by atoms with Crippen molar-refractivity contribution < 1.29 is 0 Å². The average molecular weight is 292 g/mol. The van der Waals surface area contributed by atoms with E-state index in [0.29, 0.717) is 5.92 Å². The Hall–Kier alpha value is -0.530. The molecule has 0 spiro atoms. The zero-order valence-corrected chi connectivity index (χ0v) is 13.0. The van der Waals surface area contributed by atoms with Crippen LogP contribution < -0.4 is 5.32 Å². The van der Waals surface area contributed by atoms with Gasteiger partial charge in [0.15, 0.2) is 0 Å². The smallest absolute Gasteiger partial charge is 0.0406 e. The summed E-state index contributed by atoms with van der Waals surface area (Å²) in [6.07, 6.45) is 10.0. The number of halogens is 1. The molecule has 1 aliphatic carbocycles. The van der Waals surface area contributed by atoms with E-state index in [2.05, 4.69) is 29.6 Å². The molecule has 1 aromatic carbocycles. The number of hydrogen-bond donors (Lipinski definition) is 1. The molecule has 20 heavy (non-hydrogen) atoms. The third kappa shape index (κ3) is 3.38. The maximum atomic E-state index is 6.04. The monoisotopic (exact) mass is 291 g/mol. The molecule has 110 valence electrons. The van der Waals surface area contributed by atoms with E-state index >= 15 is 0 Å². The van der Waals surface area contributed by atoms with E-state index < -0.39 is 0 Å². The number of nitrogens with one attached hydrogen (secondary N) is 1. The Kier molecular flexibility index (Phi) is 5.01. The molecule has 1 saturated heterocycles. The summed E-state index contributed by atoms with van der Waals surface area (Å²) in [5, 5.41) is 4.45. The van der Waals surface area contributed by atoms with Gasteiger partial charge in [-0.2, -0.15) is 0 Å². The highest BCUT2D eigenvalue weighted by Crippen LogP contribution is 2.40. The van der Waals surface area contributed by atoms with Crippen LogP contribution in [0, 0.1) is 11.8 Å². The van der Waals surface area contributed by atoms with Crippen LogP contribution in [0.25, 0.3) is 0 Å². The minimum atomic E-state index is 0.684. The first-order valence-electron chi connectivity index (χ1n) is 8.31. The lowest BCUT2D eigenvalue weighted by Crippen LogP contribution is -2.38. The quantitative estimate of drug-likeness (QED) is 0.756. The van der Waals surface area contributed by atoms with Gasteiger partial charge in [0, 0.05) is 11.6 Å². The van der Waals surface area contributed by atoms with Gasteiger partial charge in [-0.15, -0.1) is 0 Å². The molecular weight excluding hydrogens is 266 g/mol. The molecular formula is C18H26ClN. The van der Waals surface area contributed by atoms with Crippen LogP contribution >= 0.6 is 11.6 Å². The second-order valence-corrected chi connectivity index (χ2v) is 7.00. The highest BCUT2D eigenvalue weighted by Gasteiger charge is 2.32. The molecule has 1 saturated carbocycles. The summed E-state index contributed by atoms with van der Waals surface area (Å²) >= 11 is 6.04. The molecule has 2 atom stereocenters. The van der Waals surface area contributed by atoms with Gasteiger partial charge < -0.3 is 5.32 Å². The summed E-state index contributed by atoms with van der Waals surface area (Å²) in [6.45, 7) is 2.34. The Labute approximate surface area is 128 Å². The fourth-order valence-electron chi connectivity index (χ4n) is 4.26. The first kappa shape index (κ1) is 14.4. The predicted molar refractivity (Wildman–Crippen MR) is 86.4 cm³/mol. The lowest BCUT2D eigenvalue weighted by molar-refractivity contribution is 0.205. The molecule has 1 heterocycles. The fraction of sp³-hybridized carbons (Fsp3) is 0.667. The largest absolute Gasteiger partial charge is 0.316 e. The average Bonchev–Trinajstić information content (AvgIpc) is 2.77. The number of benzene rings is 1. The fourth-order valence-corrected chi connectivity index (χ4v) is 4.38. The summed E-state index contributed by atoms with van der Waals surface area (Å²) in [6, 6.07) is 8.58. The maximum Gasteiger partial charge on any atom is 0.0406 e. The summed E-state index contributed by atoms with van der Waals surface area (Å²) in [5.74, 6) is 2.50. The first-order valence-corrected chi connectivity index (χ1v) is 8.68. The summed E-state index contributed by atoms with van der Waals surface area (Å²) in [5.41, 5.74) is 1.48. The summed E-state index contributed by atoms with van der Waals surface area (Å²) in [7, 11) is 0. The zero-order valence-electron chi connectivity index (χ0n) is 12.3. The minimum absolute atomic E-state index is 0.684. The van der Waals surface area contributed by atoms with Gasteiger partial charge in [-0.05, 0) is 48.4 Å². The molecule has 2 unspecified atom stereocenters. The van der Waals surface area contributed by atoms with Gasteiger partial charge in [-0.3, -0.25) is 0 Å². The second kappa shape index (κ2) is 6.95. The lowest BCUT2D eigenvalue weighted by Gasteiger charge is -2.38. The Bertz CT molecular complexity index is 406. The van der Waals surface area contributed by atoms with Crippen LogP contribution in [0.1, 0.15) is 56.4 Å². The van der Waals surface area contributed by atoms with Crippen LogP contribution in [-0.4, -0.2) is 13.1 Å². The summed E-state index contributed by atoms with van der Waals surface area (Å²) < 4.78 is 0. The van der Waals surface area contributed by atoms with E-state index in [9.17, 15) is 0 Å². The van der Waals surface area contributed by atoms with Crippen molar-refractivity contribution in [2.45, 2.75) is 50.9 Å². The lowest BCUT2D eigenvalue weighted by atomic mass is 9.71. The van der Waals surface area contributed by atoms with E-state index in [1.54, 1.807) is 0 Å². The van der Waals surface area contributed by atoms with Crippen LogP contribution in [-0.2, 0) is 0 Å². The topological polar surface area (TPSA) is 12.0 Å². The second-order valence-electron chi connectivity index (χ2n) is 6.57. The third-order valence-electron chi connectivity index (χ3n) is 5.34. The van der Waals surface area contributed by atoms with Crippen molar-refractivity contribution in [3.63, 3.8) is 0 Å². The first-order chi connectivity index (χ1) is 9.84. The van der Waals surface area contributed by atoms with Gasteiger partial charge in [0.05, 0.1) is 0 Å². The number of rotatable bonds is 2. The minimum Gasteiger partial charge on any atom is -0.316 e. The Morgan fingerprint density at radius 1 is 0.900 bits per heavy atom.